The van der Waals surface area contributed by atoms with E-state index in [0.29, 0.717) is 68.0 Å². The van der Waals surface area contributed by atoms with Crippen molar-refractivity contribution in [3.8, 4) is 16.9 Å². The van der Waals surface area contributed by atoms with Crippen LogP contribution in [0.4, 0.5) is 9.18 Å². The Morgan fingerprint density at radius 1 is 0.935 bits per heavy atom. The van der Waals surface area contributed by atoms with Crippen molar-refractivity contribution in [3.05, 3.63) is 53.8 Å². The fourth-order valence-corrected chi connectivity index (χ4v) is 6.35. The smallest absolute Gasteiger partial charge is 0.410 e. The molecule has 0 saturated carbocycles. The fraction of sp³-hybridized carbons (Fsp3) is 0.556. The zero-order chi connectivity index (χ0) is 33.4. The van der Waals surface area contributed by atoms with Crippen LogP contribution in [0, 0.1) is 17.7 Å². The number of phenolic OH excluding ortho intramolecular Hbond substituents is 1. The number of nitrogens with zero attached hydrogens (tertiary/aromatic N) is 2. The number of aromatic hydroxyl groups is 1. The second-order valence-electron chi connectivity index (χ2n) is 13.6. The van der Waals surface area contributed by atoms with Gasteiger partial charge in [-0.25, -0.2) is 9.18 Å². The first-order valence-electron chi connectivity index (χ1n) is 16.3. The highest BCUT2D eigenvalue weighted by Crippen LogP contribution is 2.33. The highest BCUT2D eigenvalue weighted by atomic mass is 19.1. The van der Waals surface area contributed by atoms with E-state index in [0.717, 1.165) is 19.3 Å². The van der Waals surface area contributed by atoms with Crippen molar-refractivity contribution in [2.24, 2.45) is 11.8 Å². The van der Waals surface area contributed by atoms with Gasteiger partial charge in [0.1, 0.15) is 23.0 Å². The fourth-order valence-electron chi connectivity index (χ4n) is 6.35. The average Bonchev–Trinajstić information content (AvgIpc) is 3.02. The summed E-state index contributed by atoms with van der Waals surface area (Å²) in [5, 5.41) is 9.64. The number of Topliss-reactive ketones (excluding diaryl/α,β-unsaturated/α-hetero) is 1. The summed E-state index contributed by atoms with van der Waals surface area (Å²) in [7, 11) is 1.28. The third-order valence-corrected chi connectivity index (χ3v) is 8.94. The topological polar surface area (TPSA) is 113 Å². The molecule has 9 nitrogen and oxygen atoms in total. The van der Waals surface area contributed by atoms with Crippen molar-refractivity contribution < 1.29 is 38.1 Å². The van der Waals surface area contributed by atoms with E-state index in [1.807, 2.05) is 20.8 Å². The molecule has 2 heterocycles. The number of carbonyl (C=O) groups excluding carboxylic acids is 4. The number of methoxy groups -OCH3 is 1. The maximum absolute atomic E-state index is 14.8. The lowest BCUT2D eigenvalue weighted by atomic mass is 9.83. The van der Waals surface area contributed by atoms with Crippen LogP contribution in [0.2, 0.25) is 0 Å². The third kappa shape index (κ3) is 10.0. The molecule has 2 fully saturated rings. The molecule has 0 spiro atoms. The Balaban J connectivity index is 1.34. The number of amides is 2. The van der Waals surface area contributed by atoms with Crippen LogP contribution in [0.15, 0.2) is 42.5 Å². The lowest BCUT2D eigenvalue weighted by Gasteiger charge is -2.35. The number of rotatable bonds is 10. The number of phenols is 1. The van der Waals surface area contributed by atoms with Gasteiger partial charge in [0, 0.05) is 50.9 Å². The van der Waals surface area contributed by atoms with E-state index in [-0.39, 0.29) is 42.3 Å². The van der Waals surface area contributed by atoms with E-state index in [1.54, 1.807) is 28.0 Å². The molecule has 2 amide bonds. The van der Waals surface area contributed by atoms with E-state index < -0.39 is 23.3 Å². The van der Waals surface area contributed by atoms with E-state index in [1.165, 1.54) is 31.4 Å². The molecular formula is C36H47FN2O7. The molecule has 250 valence electrons. The van der Waals surface area contributed by atoms with Crippen LogP contribution >= 0.6 is 0 Å². The molecule has 0 bridgehead atoms. The van der Waals surface area contributed by atoms with Crippen LogP contribution in [-0.2, 0) is 23.9 Å². The maximum Gasteiger partial charge on any atom is 0.410 e. The van der Waals surface area contributed by atoms with Gasteiger partial charge in [0.25, 0.3) is 0 Å². The van der Waals surface area contributed by atoms with Gasteiger partial charge in [0.15, 0.2) is 0 Å². The second kappa shape index (κ2) is 15.6. The van der Waals surface area contributed by atoms with Crippen LogP contribution in [0.25, 0.3) is 11.1 Å². The molecule has 4 rings (SSSR count). The Bertz CT molecular complexity index is 1380. The number of carbonyl (C=O) groups is 4. The van der Waals surface area contributed by atoms with E-state index >= 15 is 0 Å². The van der Waals surface area contributed by atoms with Crippen LogP contribution in [0.1, 0.15) is 83.6 Å². The average molecular weight is 639 g/mol. The number of halogens is 1. The molecule has 2 aromatic rings. The van der Waals surface area contributed by atoms with Gasteiger partial charge >= 0.3 is 12.1 Å². The molecule has 0 radical (unpaired) electrons. The summed E-state index contributed by atoms with van der Waals surface area (Å²) in [6.07, 6.45) is 3.79. The summed E-state index contributed by atoms with van der Waals surface area (Å²) in [5.74, 6) is -1.53. The van der Waals surface area contributed by atoms with Crippen LogP contribution in [-0.4, -0.2) is 77.5 Å². The first-order valence-corrected chi connectivity index (χ1v) is 16.3. The number of ketones is 1. The number of esters is 1. The van der Waals surface area contributed by atoms with E-state index in [4.69, 9.17) is 9.47 Å². The van der Waals surface area contributed by atoms with Gasteiger partial charge in [0.2, 0.25) is 5.91 Å². The van der Waals surface area contributed by atoms with Gasteiger partial charge in [-0.1, -0.05) is 18.2 Å². The summed E-state index contributed by atoms with van der Waals surface area (Å²) in [4.78, 5) is 55.0. The van der Waals surface area contributed by atoms with Gasteiger partial charge in [-0.3, -0.25) is 14.4 Å². The van der Waals surface area contributed by atoms with Gasteiger partial charge in [-0.2, -0.15) is 0 Å². The van der Waals surface area contributed by atoms with Gasteiger partial charge in [-0.05, 0) is 99.7 Å². The van der Waals surface area contributed by atoms with E-state index in [9.17, 15) is 28.7 Å². The Hall–Kier alpha value is -3.95. The predicted molar refractivity (Wildman–Crippen MR) is 172 cm³/mol. The molecular weight excluding hydrogens is 591 g/mol. The Kier molecular flexibility index (Phi) is 11.8. The molecule has 10 heteroatoms. The molecule has 2 aliphatic heterocycles. The zero-order valence-corrected chi connectivity index (χ0v) is 27.4. The summed E-state index contributed by atoms with van der Waals surface area (Å²) < 4.78 is 25.2. The SMILES string of the molecule is COC(=O)CC(CC(=O)[C@@H]1CCCN(C(=O)CCC2CCN(C(=O)OC(C)(C)C)CC2)C1)c1cc(F)cc(-c2ccc(O)cc2)c1. The maximum atomic E-state index is 14.8. The van der Waals surface area contributed by atoms with E-state index in [2.05, 4.69) is 0 Å². The zero-order valence-electron chi connectivity index (χ0n) is 27.4. The first-order chi connectivity index (χ1) is 21.8. The lowest BCUT2D eigenvalue weighted by Crippen LogP contribution is -2.43. The second-order valence-corrected chi connectivity index (χ2v) is 13.6. The van der Waals surface area contributed by atoms with Crippen molar-refractivity contribution in [2.45, 2.75) is 83.7 Å². The summed E-state index contributed by atoms with van der Waals surface area (Å²) in [6.45, 7) is 7.71. The van der Waals surface area contributed by atoms with Crippen molar-refractivity contribution in [2.75, 3.05) is 33.3 Å². The molecule has 0 aromatic heterocycles. The van der Waals surface area contributed by atoms with Crippen LogP contribution in [0.5, 0.6) is 5.75 Å². The number of hydrogen-bond donors (Lipinski definition) is 1. The Morgan fingerprint density at radius 2 is 1.63 bits per heavy atom. The number of ether oxygens (including phenoxy) is 2. The molecule has 2 saturated heterocycles. The number of hydrogen-bond acceptors (Lipinski definition) is 7. The highest BCUT2D eigenvalue weighted by Gasteiger charge is 2.32. The molecule has 2 aromatic carbocycles. The minimum absolute atomic E-state index is 0.0243. The molecule has 2 aliphatic rings. The third-order valence-electron chi connectivity index (χ3n) is 8.94. The van der Waals surface area contributed by atoms with Crippen molar-refractivity contribution in [1.82, 2.24) is 9.80 Å². The lowest BCUT2D eigenvalue weighted by molar-refractivity contribution is -0.141. The predicted octanol–water partition coefficient (Wildman–Crippen LogP) is 6.47. The molecule has 1 unspecified atom stereocenters. The van der Waals surface area contributed by atoms with Crippen LogP contribution in [0.3, 0.4) is 0 Å². The molecule has 0 aliphatic carbocycles. The normalized spacial score (nSPS) is 18.2. The first kappa shape index (κ1) is 34.9. The number of piperidine rings is 2. The molecule has 1 N–H and O–H groups in total. The van der Waals surface area contributed by atoms with Gasteiger partial charge < -0.3 is 24.4 Å². The minimum atomic E-state index is -0.593. The monoisotopic (exact) mass is 638 g/mol. The van der Waals surface area contributed by atoms with Crippen molar-refractivity contribution in [1.29, 1.82) is 0 Å². The van der Waals surface area contributed by atoms with Crippen molar-refractivity contribution >= 4 is 23.8 Å². The summed E-state index contributed by atoms with van der Waals surface area (Å²) >= 11 is 0. The minimum Gasteiger partial charge on any atom is -0.508 e. The Morgan fingerprint density at radius 3 is 2.28 bits per heavy atom. The standard InChI is InChI=1S/C36H47FN2O7/c1-36(2,3)46-35(44)38-16-13-24(14-17-38)7-12-33(42)39-15-5-6-26(23-39)32(41)21-29(22-34(43)45-4)28-18-27(19-30(37)20-28)25-8-10-31(40)11-9-25/h8-11,18-20,24,26,29,40H,5-7,12-17,21-23H2,1-4H3/t26-,29?/m1/s1. The highest BCUT2D eigenvalue weighted by molar-refractivity contribution is 5.84. The molecule has 2 atom stereocenters. The summed E-state index contributed by atoms with van der Waals surface area (Å²) in [6, 6.07) is 10.9. The van der Waals surface area contributed by atoms with Crippen LogP contribution < -0.4 is 0 Å². The van der Waals surface area contributed by atoms with Gasteiger partial charge in [0.05, 0.1) is 13.5 Å². The molecule has 46 heavy (non-hydrogen) atoms. The summed E-state index contributed by atoms with van der Waals surface area (Å²) in [5.41, 5.74) is 1.25. The number of benzene rings is 2. The quantitative estimate of drug-likeness (QED) is 0.297. The van der Waals surface area contributed by atoms with Gasteiger partial charge in [-0.15, -0.1) is 0 Å². The number of likely N-dealkylation sites (tertiary alicyclic amines) is 2. The Labute approximate surface area is 271 Å². The largest absolute Gasteiger partial charge is 0.508 e. The van der Waals surface area contributed by atoms with Crippen molar-refractivity contribution in [3.63, 3.8) is 0 Å².